The van der Waals surface area contributed by atoms with E-state index < -0.39 is 6.10 Å². The fourth-order valence-electron chi connectivity index (χ4n) is 2.25. The van der Waals surface area contributed by atoms with Gasteiger partial charge >= 0.3 is 0 Å². The van der Waals surface area contributed by atoms with Crippen LogP contribution in [0.2, 0.25) is 0 Å². The predicted molar refractivity (Wildman–Crippen MR) is 80.5 cm³/mol. The molecule has 22 heavy (non-hydrogen) atoms. The molecular weight excluding hydrogens is 284 g/mol. The summed E-state index contributed by atoms with van der Waals surface area (Å²) in [5.74, 6) is 1.16. The van der Waals surface area contributed by atoms with Crippen molar-refractivity contribution in [3.63, 3.8) is 0 Å². The van der Waals surface area contributed by atoms with Crippen molar-refractivity contribution in [3.8, 4) is 5.75 Å². The molecule has 114 valence electrons. The van der Waals surface area contributed by atoms with E-state index in [1.54, 1.807) is 36.3 Å². The lowest BCUT2D eigenvalue weighted by molar-refractivity contribution is 0.181. The Morgan fingerprint density at radius 2 is 2.23 bits per heavy atom. The van der Waals surface area contributed by atoms with Crippen LogP contribution < -0.4 is 10.1 Å². The van der Waals surface area contributed by atoms with Crippen LogP contribution in [0.15, 0.2) is 30.9 Å². The molecule has 2 N–H and O–H groups in total. The number of hydrogen-bond donors (Lipinski definition) is 2. The van der Waals surface area contributed by atoms with Crippen molar-refractivity contribution >= 4 is 16.9 Å². The Labute approximate surface area is 126 Å². The van der Waals surface area contributed by atoms with Crippen molar-refractivity contribution in [1.82, 2.24) is 24.7 Å². The first kappa shape index (κ1) is 14.2. The van der Waals surface area contributed by atoms with Gasteiger partial charge in [0.15, 0.2) is 5.82 Å². The van der Waals surface area contributed by atoms with Crippen LogP contribution in [0.4, 0.5) is 5.82 Å². The number of fused-ring (bicyclic) bond motifs is 1. The minimum absolute atomic E-state index is 0.241. The van der Waals surface area contributed by atoms with E-state index in [9.17, 15) is 5.11 Å². The lowest BCUT2D eigenvalue weighted by Gasteiger charge is -2.15. The van der Waals surface area contributed by atoms with Crippen molar-refractivity contribution in [3.05, 3.63) is 36.5 Å². The third-order valence-corrected chi connectivity index (χ3v) is 3.33. The van der Waals surface area contributed by atoms with E-state index in [-0.39, 0.29) is 6.54 Å². The monoisotopic (exact) mass is 300 g/mol. The van der Waals surface area contributed by atoms with Crippen LogP contribution >= 0.6 is 0 Å². The Morgan fingerprint density at radius 1 is 1.36 bits per heavy atom. The number of pyridine rings is 1. The molecule has 0 bridgehead atoms. The van der Waals surface area contributed by atoms with Gasteiger partial charge in [-0.3, -0.25) is 9.67 Å². The molecule has 3 rings (SSSR count). The molecule has 1 unspecified atom stereocenters. The minimum atomic E-state index is -0.825. The summed E-state index contributed by atoms with van der Waals surface area (Å²) in [6.45, 7) is 0.241. The van der Waals surface area contributed by atoms with Crippen molar-refractivity contribution < 1.29 is 9.84 Å². The number of aromatic nitrogens is 5. The van der Waals surface area contributed by atoms with E-state index in [0.717, 1.165) is 11.0 Å². The molecule has 8 nitrogen and oxygen atoms in total. The summed E-state index contributed by atoms with van der Waals surface area (Å²) in [7, 11) is 3.36. The Balaban J connectivity index is 1.80. The molecule has 8 heteroatoms. The first-order valence-electron chi connectivity index (χ1n) is 6.74. The molecule has 0 fully saturated rings. The van der Waals surface area contributed by atoms with E-state index in [0.29, 0.717) is 17.3 Å². The SMILES string of the molecule is COc1cccnc1C(O)CNc1ncnc2cnn(C)c12. The average molecular weight is 300 g/mol. The zero-order valence-electron chi connectivity index (χ0n) is 12.3. The maximum atomic E-state index is 10.3. The van der Waals surface area contributed by atoms with Gasteiger partial charge in [-0.25, -0.2) is 9.97 Å². The topological polar surface area (TPSA) is 98.0 Å². The number of methoxy groups -OCH3 is 1. The Morgan fingerprint density at radius 3 is 3.05 bits per heavy atom. The van der Waals surface area contributed by atoms with Gasteiger partial charge in [-0.05, 0) is 12.1 Å². The molecule has 0 aliphatic carbocycles. The lowest BCUT2D eigenvalue weighted by atomic mass is 10.2. The second kappa shape index (κ2) is 5.94. The van der Waals surface area contributed by atoms with E-state index >= 15 is 0 Å². The Hall–Kier alpha value is -2.74. The van der Waals surface area contributed by atoms with Crippen LogP contribution in [0.25, 0.3) is 11.0 Å². The highest BCUT2D eigenvalue weighted by Crippen LogP contribution is 2.23. The first-order valence-corrected chi connectivity index (χ1v) is 6.74. The minimum Gasteiger partial charge on any atom is -0.495 e. The van der Waals surface area contributed by atoms with Gasteiger partial charge in [0, 0.05) is 19.8 Å². The van der Waals surface area contributed by atoms with Gasteiger partial charge in [0.2, 0.25) is 0 Å². The highest BCUT2D eigenvalue weighted by atomic mass is 16.5. The van der Waals surface area contributed by atoms with Gasteiger partial charge in [0.25, 0.3) is 0 Å². The number of ether oxygens (including phenoxy) is 1. The Bertz CT molecular complexity index is 788. The van der Waals surface area contributed by atoms with E-state index in [1.807, 2.05) is 7.05 Å². The quantitative estimate of drug-likeness (QED) is 0.722. The lowest BCUT2D eigenvalue weighted by Crippen LogP contribution is -2.15. The number of aliphatic hydroxyl groups excluding tert-OH is 1. The van der Waals surface area contributed by atoms with Crippen molar-refractivity contribution in [1.29, 1.82) is 0 Å². The van der Waals surface area contributed by atoms with Crippen LogP contribution in [0.1, 0.15) is 11.8 Å². The van der Waals surface area contributed by atoms with Crippen LogP contribution in [0, 0.1) is 0 Å². The molecule has 3 heterocycles. The summed E-state index contributed by atoms with van der Waals surface area (Å²) in [6, 6.07) is 3.52. The first-order chi connectivity index (χ1) is 10.7. The number of aryl methyl sites for hydroxylation is 1. The number of rotatable bonds is 5. The van der Waals surface area contributed by atoms with Crippen molar-refractivity contribution in [2.24, 2.45) is 7.05 Å². The molecular formula is C14H16N6O2. The predicted octanol–water partition coefficient (Wildman–Crippen LogP) is 0.912. The molecule has 0 spiro atoms. The molecule has 0 radical (unpaired) electrons. The average Bonchev–Trinajstić information content (AvgIpc) is 2.94. The summed E-state index contributed by atoms with van der Waals surface area (Å²) in [6.07, 6.45) is 3.92. The summed E-state index contributed by atoms with van der Waals surface area (Å²) in [5.41, 5.74) is 2.00. The Kier molecular flexibility index (Phi) is 3.84. The zero-order chi connectivity index (χ0) is 15.5. The normalized spacial score (nSPS) is 12.3. The maximum Gasteiger partial charge on any atom is 0.155 e. The van der Waals surface area contributed by atoms with E-state index in [4.69, 9.17) is 4.74 Å². The van der Waals surface area contributed by atoms with Crippen LogP contribution in [0.5, 0.6) is 5.75 Å². The van der Waals surface area contributed by atoms with Gasteiger partial charge in [0.1, 0.15) is 34.9 Å². The van der Waals surface area contributed by atoms with Crippen LogP contribution in [-0.2, 0) is 7.05 Å². The van der Waals surface area contributed by atoms with Crippen molar-refractivity contribution in [2.75, 3.05) is 19.0 Å². The second-order valence-electron chi connectivity index (χ2n) is 4.71. The van der Waals surface area contributed by atoms with Crippen LogP contribution in [0.3, 0.4) is 0 Å². The van der Waals surface area contributed by atoms with Gasteiger partial charge < -0.3 is 15.2 Å². The fraction of sp³-hybridized carbons (Fsp3) is 0.286. The zero-order valence-corrected chi connectivity index (χ0v) is 12.3. The molecule has 0 aliphatic rings. The third-order valence-electron chi connectivity index (χ3n) is 3.33. The smallest absolute Gasteiger partial charge is 0.155 e. The van der Waals surface area contributed by atoms with Gasteiger partial charge in [-0.2, -0.15) is 5.10 Å². The highest BCUT2D eigenvalue weighted by Gasteiger charge is 2.16. The van der Waals surface area contributed by atoms with Crippen LogP contribution in [-0.4, -0.2) is 43.5 Å². The molecule has 0 aliphatic heterocycles. The highest BCUT2D eigenvalue weighted by molar-refractivity contribution is 5.84. The number of hydrogen-bond acceptors (Lipinski definition) is 7. The number of nitrogens with zero attached hydrogens (tertiary/aromatic N) is 5. The largest absolute Gasteiger partial charge is 0.495 e. The molecule has 3 aromatic rings. The third kappa shape index (κ3) is 2.56. The number of nitrogens with one attached hydrogen (secondary N) is 1. The molecule has 0 aromatic carbocycles. The standard InChI is InChI=1S/C14H16N6O2/c1-20-13-9(6-19-20)17-8-18-14(13)16-7-10(21)12-11(22-2)4-3-5-15-12/h3-6,8,10,21H,7H2,1-2H3,(H,16,17,18). The fourth-order valence-corrected chi connectivity index (χ4v) is 2.25. The molecule has 0 saturated heterocycles. The van der Waals surface area contributed by atoms with Gasteiger partial charge in [-0.1, -0.05) is 0 Å². The molecule has 1 atom stereocenters. The summed E-state index contributed by atoms with van der Waals surface area (Å²) in [4.78, 5) is 12.5. The summed E-state index contributed by atoms with van der Waals surface area (Å²) < 4.78 is 6.89. The van der Waals surface area contributed by atoms with E-state index in [1.165, 1.54) is 6.33 Å². The van der Waals surface area contributed by atoms with Gasteiger partial charge in [0.05, 0.1) is 13.3 Å². The molecule has 0 amide bonds. The second-order valence-corrected chi connectivity index (χ2v) is 4.71. The number of anilines is 1. The number of aliphatic hydroxyl groups is 1. The maximum absolute atomic E-state index is 10.3. The van der Waals surface area contributed by atoms with Crippen molar-refractivity contribution in [2.45, 2.75) is 6.10 Å². The van der Waals surface area contributed by atoms with Gasteiger partial charge in [-0.15, -0.1) is 0 Å². The molecule has 0 saturated carbocycles. The van der Waals surface area contributed by atoms with E-state index in [2.05, 4.69) is 25.4 Å². The summed E-state index contributed by atoms with van der Waals surface area (Å²) >= 11 is 0. The summed E-state index contributed by atoms with van der Waals surface area (Å²) in [5, 5.41) is 17.6. The molecule has 3 aromatic heterocycles.